The number of rotatable bonds is 2. The second kappa shape index (κ2) is 4.93. The Hall–Kier alpha value is -1.02. The summed E-state index contributed by atoms with van der Waals surface area (Å²) in [4.78, 5) is 2.59. The molecule has 18 heavy (non-hydrogen) atoms. The summed E-state index contributed by atoms with van der Waals surface area (Å²) in [6.07, 6.45) is 1.32. The smallest absolute Gasteiger partial charge is 0.0320 e. The molecule has 1 aromatic rings. The van der Waals surface area contributed by atoms with Gasteiger partial charge in [-0.15, -0.1) is 0 Å². The van der Waals surface area contributed by atoms with Crippen LogP contribution in [0.2, 0.25) is 0 Å². The monoisotopic (exact) mass is 246 g/mol. The minimum atomic E-state index is 0.421. The molecule has 0 radical (unpaired) electrons. The van der Waals surface area contributed by atoms with Gasteiger partial charge >= 0.3 is 0 Å². The lowest BCUT2D eigenvalue weighted by Crippen LogP contribution is -2.28. The normalized spacial score (nSPS) is 23.2. The van der Waals surface area contributed by atoms with Crippen molar-refractivity contribution in [1.29, 1.82) is 0 Å². The van der Waals surface area contributed by atoms with E-state index < -0.39 is 0 Å². The van der Waals surface area contributed by atoms with Gasteiger partial charge in [0, 0.05) is 18.3 Å². The van der Waals surface area contributed by atoms with Gasteiger partial charge in [0.2, 0.25) is 0 Å². The Morgan fingerprint density at radius 2 is 2.06 bits per heavy atom. The van der Waals surface area contributed by atoms with Crippen LogP contribution in [-0.2, 0) is 0 Å². The SMILES string of the molecule is CC(c1cccc(N)c1)N1CCC(C(C)(C)C)C1. The highest BCUT2D eigenvalue weighted by Gasteiger charge is 2.33. The largest absolute Gasteiger partial charge is 0.399 e. The number of hydrogen-bond donors (Lipinski definition) is 1. The van der Waals surface area contributed by atoms with Crippen molar-refractivity contribution in [2.75, 3.05) is 18.8 Å². The van der Waals surface area contributed by atoms with Crippen LogP contribution in [0.4, 0.5) is 5.69 Å². The van der Waals surface area contributed by atoms with Gasteiger partial charge in [-0.2, -0.15) is 0 Å². The molecule has 2 atom stereocenters. The topological polar surface area (TPSA) is 29.3 Å². The van der Waals surface area contributed by atoms with Crippen molar-refractivity contribution in [2.45, 2.75) is 40.2 Å². The van der Waals surface area contributed by atoms with Crippen molar-refractivity contribution in [1.82, 2.24) is 4.90 Å². The summed E-state index contributed by atoms with van der Waals surface area (Å²) in [5.41, 5.74) is 8.50. The van der Waals surface area contributed by atoms with E-state index in [1.807, 2.05) is 6.07 Å². The molecule has 0 amide bonds. The average Bonchev–Trinajstić information content (AvgIpc) is 2.77. The van der Waals surface area contributed by atoms with Crippen LogP contribution in [0.25, 0.3) is 0 Å². The van der Waals surface area contributed by atoms with Crippen LogP contribution in [0.5, 0.6) is 0 Å². The minimum absolute atomic E-state index is 0.421. The molecule has 100 valence electrons. The summed E-state index contributed by atoms with van der Waals surface area (Å²) >= 11 is 0. The maximum atomic E-state index is 5.87. The molecule has 0 saturated carbocycles. The quantitative estimate of drug-likeness (QED) is 0.806. The third kappa shape index (κ3) is 2.86. The van der Waals surface area contributed by atoms with E-state index in [2.05, 4.69) is 50.8 Å². The van der Waals surface area contributed by atoms with E-state index in [4.69, 9.17) is 5.73 Å². The number of benzene rings is 1. The van der Waals surface area contributed by atoms with Gasteiger partial charge in [-0.05, 0) is 48.9 Å². The molecule has 2 nitrogen and oxygen atoms in total. The lowest BCUT2D eigenvalue weighted by Gasteiger charge is -2.29. The van der Waals surface area contributed by atoms with Crippen LogP contribution < -0.4 is 5.73 Å². The van der Waals surface area contributed by atoms with Gasteiger partial charge in [0.15, 0.2) is 0 Å². The van der Waals surface area contributed by atoms with Gasteiger partial charge in [-0.25, -0.2) is 0 Å². The van der Waals surface area contributed by atoms with Crippen molar-refractivity contribution in [3.63, 3.8) is 0 Å². The average molecular weight is 246 g/mol. The second-order valence-corrected chi connectivity index (χ2v) is 6.69. The molecule has 2 N–H and O–H groups in total. The molecule has 1 heterocycles. The van der Waals surface area contributed by atoms with E-state index in [1.165, 1.54) is 25.1 Å². The van der Waals surface area contributed by atoms with Gasteiger partial charge in [0.25, 0.3) is 0 Å². The maximum Gasteiger partial charge on any atom is 0.0320 e. The molecule has 1 aromatic carbocycles. The Labute approximate surface area is 111 Å². The second-order valence-electron chi connectivity index (χ2n) is 6.69. The van der Waals surface area contributed by atoms with Gasteiger partial charge in [-0.3, -0.25) is 4.90 Å². The third-order valence-electron chi connectivity index (χ3n) is 4.39. The summed E-state index contributed by atoms with van der Waals surface area (Å²) in [5.74, 6) is 0.806. The number of nitrogens with two attached hydrogens (primary N) is 1. The van der Waals surface area contributed by atoms with Gasteiger partial charge in [0.05, 0.1) is 0 Å². The Kier molecular flexibility index (Phi) is 3.67. The fourth-order valence-corrected chi connectivity index (χ4v) is 2.88. The first-order chi connectivity index (χ1) is 8.38. The fourth-order valence-electron chi connectivity index (χ4n) is 2.88. The van der Waals surface area contributed by atoms with E-state index in [0.717, 1.165) is 11.6 Å². The summed E-state index contributed by atoms with van der Waals surface area (Å²) in [6.45, 7) is 11.8. The molecule has 0 aromatic heterocycles. The van der Waals surface area contributed by atoms with E-state index >= 15 is 0 Å². The van der Waals surface area contributed by atoms with Crippen molar-refractivity contribution >= 4 is 5.69 Å². The van der Waals surface area contributed by atoms with Crippen molar-refractivity contribution in [3.05, 3.63) is 29.8 Å². The van der Waals surface area contributed by atoms with E-state index in [1.54, 1.807) is 0 Å². The highest BCUT2D eigenvalue weighted by molar-refractivity contribution is 5.41. The Morgan fingerprint density at radius 1 is 1.33 bits per heavy atom. The summed E-state index contributed by atoms with van der Waals surface area (Å²) < 4.78 is 0. The lowest BCUT2D eigenvalue weighted by atomic mass is 9.80. The molecule has 1 fully saturated rings. The van der Waals surface area contributed by atoms with Crippen molar-refractivity contribution < 1.29 is 0 Å². The third-order valence-corrected chi connectivity index (χ3v) is 4.39. The highest BCUT2D eigenvalue weighted by Crippen LogP contribution is 2.37. The van der Waals surface area contributed by atoms with E-state index in [-0.39, 0.29) is 0 Å². The zero-order valence-corrected chi connectivity index (χ0v) is 12.1. The van der Waals surface area contributed by atoms with Crippen molar-refractivity contribution in [3.8, 4) is 0 Å². The first kappa shape index (κ1) is 13.4. The lowest BCUT2D eigenvalue weighted by molar-refractivity contribution is 0.203. The van der Waals surface area contributed by atoms with Gasteiger partial charge in [-0.1, -0.05) is 32.9 Å². The number of nitrogen functional groups attached to an aromatic ring is 1. The Balaban J connectivity index is 2.06. The minimum Gasteiger partial charge on any atom is -0.399 e. The van der Waals surface area contributed by atoms with Crippen LogP contribution >= 0.6 is 0 Å². The maximum absolute atomic E-state index is 5.87. The molecule has 1 saturated heterocycles. The van der Waals surface area contributed by atoms with Crippen LogP contribution in [0.15, 0.2) is 24.3 Å². The van der Waals surface area contributed by atoms with Gasteiger partial charge < -0.3 is 5.73 Å². The number of nitrogens with zero attached hydrogens (tertiary/aromatic N) is 1. The summed E-state index contributed by atoms with van der Waals surface area (Å²) in [7, 11) is 0. The predicted octanol–water partition coefficient (Wildman–Crippen LogP) is 3.70. The number of hydrogen-bond acceptors (Lipinski definition) is 2. The molecule has 0 spiro atoms. The Bertz CT molecular complexity index is 406. The molecule has 0 bridgehead atoms. The summed E-state index contributed by atoms with van der Waals surface area (Å²) in [6, 6.07) is 8.78. The zero-order valence-electron chi connectivity index (χ0n) is 12.1. The first-order valence-corrected chi connectivity index (χ1v) is 6.97. The van der Waals surface area contributed by atoms with E-state index in [9.17, 15) is 0 Å². The molecular weight excluding hydrogens is 220 g/mol. The number of likely N-dealkylation sites (tertiary alicyclic amines) is 1. The standard InChI is InChI=1S/C16H26N2/c1-12(13-6-5-7-15(17)10-13)18-9-8-14(11-18)16(2,3)4/h5-7,10,12,14H,8-9,11,17H2,1-4H3. The molecule has 0 aliphatic carbocycles. The molecule has 1 aliphatic heterocycles. The summed E-state index contributed by atoms with van der Waals surface area (Å²) in [5, 5.41) is 0. The van der Waals surface area contributed by atoms with Crippen LogP contribution in [0.3, 0.4) is 0 Å². The van der Waals surface area contributed by atoms with Crippen LogP contribution in [-0.4, -0.2) is 18.0 Å². The highest BCUT2D eigenvalue weighted by atomic mass is 15.2. The molecular formula is C16H26N2. The molecule has 1 aliphatic rings. The number of anilines is 1. The van der Waals surface area contributed by atoms with E-state index in [0.29, 0.717) is 11.5 Å². The Morgan fingerprint density at radius 3 is 2.61 bits per heavy atom. The first-order valence-electron chi connectivity index (χ1n) is 6.97. The molecule has 2 rings (SSSR count). The van der Waals surface area contributed by atoms with Crippen molar-refractivity contribution in [2.24, 2.45) is 11.3 Å². The molecule has 2 unspecified atom stereocenters. The van der Waals surface area contributed by atoms with Crippen LogP contribution in [0, 0.1) is 11.3 Å². The zero-order chi connectivity index (χ0) is 13.3. The fraction of sp³-hybridized carbons (Fsp3) is 0.625. The predicted molar refractivity (Wildman–Crippen MR) is 78.4 cm³/mol. The molecule has 2 heteroatoms. The van der Waals surface area contributed by atoms with Gasteiger partial charge in [0.1, 0.15) is 0 Å². The van der Waals surface area contributed by atoms with Crippen LogP contribution in [0.1, 0.15) is 45.7 Å².